The van der Waals surface area contributed by atoms with Crippen LogP contribution in [0.1, 0.15) is 0 Å². The number of hydrogen-bond acceptors (Lipinski definition) is 3. The molecule has 9 rings (SSSR count). The number of hydrogen-bond donors (Lipinski definition) is 0. The van der Waals surface area contributed by atoms with Crippen molar-refractivity contribution in [2.45, 2.75) is 0 Å². The number of rotatable bonds is 5. The SMILES string of the molecule is c1ccc(-c2cccc(-c3cc(-c4cccc(-c5cccnc5)c4)nc(-c4ccc5ccc6cccc7ccc4c5c67)n3)c2)cc1. The van der Waals surface area contributed by atoms with Gasteiger partial charge in [0, 0.05) is 34.6 Å². The van der Waals surface area contributed by atoms with Crippen molar-refractivity contribution in [1.82, 2.24) is 15.0 Å². The first-order chi connectivity index (χ1) is 22.8. The number of pyridine rings is 1. The van der Waals surface area contributed by atoms with Crippen LogP contribution in [0.15, 0.2) is 164 Å². The first-order valence-electron chi connectivity index (χ1n) is 15.5. The molecule has 0 unspecified atom stereocenters. The smallest absolute Gasteiger partial charge is 0.161 e. The van der Waals surface area contributed by atoms with E-state index >= 15 is 0 Å². The van der Waals surface area contributed by atoms with Crippen molar-refractivity contribution in [1.29, 1.82) is 0 Å². The summed E-state index contributed by atoms with van der Waals surface area (Å²) in [6, 6.07) is 53.6. The second kappa shape index (κ2) is 10.8. The maximum atomic E-state index is 5.28. The Morgan fingerprint density at radius 1 is 0.370 bits per heavy atom. The zero-order valence-electron chi connectivity index (χ0n) is 24.9. The van der Waals surface area contributed by atoms with Gasteiger partial charge in [-0.15, -0.1) is 0 Å². The summed E-state index contributed by atoms with van der Waals surface area (Å²) in [6.45, 7) is 0. The molecule has 0 saturated carbocycles. The van der Waals surface area contributed by atoms with Crippen molar-refractivity contribution in [2.24, 2.45) is 0 Å². The molecular weight excluding hydrogens is 558 g/mol. The van der Waals surface area contributed by atoms with Gasteiger partial charge in [0.25, 0.3) is 0 Å². The van der Waals surface area contributed by atoms with E-state index in [0.29, 0.717) is 5.82 Å². The molecule has 3 heteroatoms. The highest BCUT2D eigenvalue weighted by molar-refractivity contribution is 6.25. The van der Waals surface area contributed by atoms with Gasteiger partial charge in [0.2, 0.25) is 0 Å². The molecule has 0 N–H and O–H groups in total. The number of nitrogens with zero attached hydrogens (tertiary/aromatic N) is 3. The van der Waals surface area contributed by atoms with Crippen LogP contribution in [0.4, 0.5) is 0 Å². The van der Waals surface area contributed by atoms with Gasteiger partial charge in [-0.05, 0) is 79.3 Å². The van der Waals surface area contributed by atoms with Crippen molar-refractivity contribution in [2.75, 3.05) is 0 Å². The van der Waals surface area contributed by atoms with Crippen LogP contribution in [0.2, 0.25) is 0 Å². The minimum absolute atomic E-state index is 0.710. The van der Waals surface area contributed by atoms with Gasteiger partial charge in [0.15, 0.2) is 5.82 Å². The largest absolute Gasteiger partial charge is 0.264 e. The predicted octanol–water partition coefficient (Wildman–Crippen LogP) is 11.1. The highest BCUT2D eigenvalue weighted by Crippen LogP contribution is 2.40. The van der Waals surface area contributed by atoms with Gasteiger partial charge >= 0.3 is 0 Å². The first-order valence-corrected chi connectivity index (χ1v) is 15.5. The zero-order chi connectivity index (χ0) is 30.5. The summed E-state index contributed by atoms with van der Waals surface area (Å²) in [6.07, 6.45) is 3.70. The average molecular weight is 586 g/mol. The van der Waals surface area contributed by atoms with Crippen molar-refractivity contribution < 1.29 is 0 Å². The summed E-state index contributed by atoms with van der Waals surface area (Å²) < 4.78 is 0. The van der Waals surface area contributed by atoms with Crippen molar-refractivity contribution in [3.63, 3.8) is 0 Å². The third-order valence-corrected chi connectivity index (χ3v) is 8.91. The molecule has 0 spiro atoms. The molecule has 46 heavy (non-hydrogen) atoms. The molecular formula is C43H27N3. The maximum Gasteiger partial charge on any atom is 0.161 e. The van der Waals surface area contributed by atoms with Crippen molar-refractivity contribution in [3.8, 4) is 56.2 Å². The molecule has 214 valence electrons. The fourth-order valence-corrected chi connectivity index (χ4v) is 6.67. The minimum Gasteiger partial charge on any atom is -0.264 e. The Bertz CT molecular complexity index is 2400. The lowest BCUT2D eigenvalue weighted by Gasteiger charge is -2.15. The van der Waals surface area contributed by atoms with Crippen molar-refractivity contribution >= 4 is 32.3 Å². The van der Waals surface area contributed by atoms with Crippen LogP contribution >= 0.6 is 0 Å². The summed E-state index contributed by atoms with van der Waals surface area (Å²) in [5.41, 5.74) is 9.36. The second-order valence-corrected chi connectivity index (χ2v) is 11.7. The van der Waals surface area contributed by atoms with Gasteiger partial charge < -0.3 is 0 Å². The highest BCUT2D eigenvalue weighted by Gasteiger charge is 2.17. The third-order valence-electron chi connectivity index (χ3n) is 8.91. The highest BCUT2D eigenvalue weighted by atomic mass is 14.9. The summed E-state index contributed by atoms with van der Waals surface area (Å²) in [7, 11) is 0. The summed E-state index contributed by atoms with van der Waals surface area (Å²) in [4.78, 5) is 14.9. The van der Waals surface area contributed by atoms with Gasteiger partial charge in [-0.3, -0.25) is 4.98 Å². The van der Waals surface area contributed by atoms with Crippen LogP contribution < -0.4 is 0 Å². The Morgan fingerprint density at radius 3 is 1.63 bits per heavy atom. The molecule has 3 nitrogen and oxygen atoms in total. The van der Waals surface area contributed by atoms with E-state index in [4.69, 9.17) is 9.97 Å². The lowest BCUT2D eigenvalue weighted by molar-refractivity contribution is 1.19. The van der Waals surface area contributed by atoms with Crippen LogP contribution in [0, 0.1) is 0 Å². The number of benzene rings is 7. The molecule has 2 heterocycles. The molecule has 0 aliphatic carbocycles. The summed E-state index contributed by atoms with van der Waals surface area (Å²) >= 11 is 0. The molecule has 2 aromatic heterocycles. The monoisotopic (exact) mass is 585 g/mol. The first kappa shape index (κ1) is 26.2. The van der Waals surface area contributed by atoms with Crippen LogP contribution in [0.5, 0.6) is 0 Å². The third kappa shape index (κ3) is 4.49. The molecule has 0 aliphatic rings. The van der Waals surface area contributed by atoms with Crippen LogP contribution in [0.25, 0.3) is 88.5 Å². The van der Waals surface area contributed by atoms with Crippen LogP contribution in [0.3, 0.4) is 0 Å². The van der Waals surface area contributed by atoms with Crippen LogP contribution in [-0.2, 0) is 0 Å². The van der Waals surface area contributed by atoms with Gasteiger partial charge in [-0.25, -0.2) is 9.97 Å². The lowest BCUT2D eigenvalue weighted by atomic mass is 9.91. The molecule has 0 bridgehead atoms. The molecule has 0 saturated heterocycles. The van der Waals surface area contributed by atoms with Gasteiger partial charge in [0.05, 0.1) is 11.4 Å². The van der Waals surface area contributed by atoms with E-state index in [9.17, 15) is 0 Å². The summed E-state index contributed by atoms with van der Waals surface area (Å²) in [5, 5.41) is 7.41. The fraction of sp³-hybridized carbons (Fsp3) is 0. The molecule has 0 fully saturated rings. The van der Waals surface area contributed by atoms with E-state index in [1.54, 1.807) is 6.20 Å². The molecule has 0 atom stereocenters. The minimum atomic E-state index is 0.710. The van der Waals surface area contributed by atoms with Crippen LogP contribution in [-0.4, -0.2) is 15.0 Å². The maximum absolute atomic E-state index is 5.28. The summed E-state index contributed by atoms with van der Waals surface area (Å²) in [5.74, 6) is 0.710. The molecule has 7 aromatic carbocycles. The molecule has 0 radical (unpaired) electrons. The molecule has 9 aromatic rings. The van der Waals surface area contributed by atoms with Gasteiger partial charge in [-0.2, -0.15) is 0 Å². The Morgan fingerprint density at radius 2 is 0.935 bits per heavy atom. The fourth-order valence-electron chi connectivity index (χ4n) is 6.67. The predicted molar refractivity (Wildman–Crippen MR) is 191 cm³/mol. The van der Waals surface area contributed by atoms with Gasteiger partial charge in [0.1, 0.15) is 0 Å². The van der Waals surface area contributed by atoms with E-state index in [2.05, 4.69) is 145 Å². The molecule has 0 amide bonds. The van der Waals surface area contributed by atoms with E-state index < -0.39 is 0 Å². The second-order valence-electron chi connectivity index (χ2n) is 11.7. The van der Waals surface area contributed by atoms with E-state index in [0.717, 1.165) is 50.2 Å². The van der Waals surface area contributed by atoms with Gasteiger partial charge in [-0.1, -0.05) is 121 Å². The standard InChI is InChI=1S/C43H27N3/c1-2-8-28(9-3-1)32-12-5-14-34(24-32)39-26-40(35-15-6-13-33(25-35)36-16-7-23-44-27-36)46-43(45-39)38-22-20-31-18-17-29-10-4-11-30-19-21-37(38)42(31)41(29)30/h1-27H. The average Bonchev–Trinajstić information content (AvgIpc) is 3.14. The Labute approximate surface area is 266 Å². The Kier molecular flexibility index (Phi) is 6.14. The van der Waals surface area contributed by atoms with E-state index in [1.165, 1.54) is 32.5 Å². The van der Waals surface area contributed by atoms with Crippen molar-refractivity contribution in [3.05, 3.63) is 164 Å². The quantitative estimate of drug-likeness (QED) is 0.189. The van der Waals surface area contributed by atoms with E-state index in [1.807, 2.05) is 18.3 Å². The topological polar surface area (TPSA) is 38.7 Å². The lowest BCUT2D eigenvalue weighted by Crippen LogP contribution is -1.97. The normalized spacial score (nSPS) is 11.5. The Balaban J connectivity index is 1.28. The molecule has 0 aliphatic heterocycles. The zero-order valence-corrected chi connectivity index (χ0v) is 24.9. The Hall–Kier alpha value is -6.19. The number of aromatic nitrogens is 3. The van der Waals surface area contributed by atoms with E-state index in [-0.39, 0.29) is 0 Å².